The number of pyridine rings is 1. The molecule has 3 atom stereocenters. The number of hydrogen-bond acceptors (Lipinski definition) is 8. The molecule has 3 aromatic rings. The summed E-state index contributed by atoms with van der Waals surface area (Å²) in [6.07, 6.45) is 4.61. The van der Waals surface area contributed by atoms with Gasteiger partial charge in [-0.1, -0.05) is 12.1 Å². The van der Waals surface area contributed by atoms with E-state index in [4.69, 9.17) is 24.4 Å². The van der Waals surface area contributed by atoms with E-state index in [0.717, 1.165) is 54.8 Å². The van der Waals surface area contributed by atoms with Crippen LogP contribution in [0.3, 0.4) is 0 Å². The largest absolute Gasteiger partial charge is 0.377 e. The minimum Gasteiger partial charge on any atom is -0.377 e. The predicted molar refractivity (Wildman–Crippen MR) is 134 cm³/mol. The van der Waals surface area contributed by atoms with E-state index >= 15 is 0 Å². The van der Waals surface area contributed by atoms with Crippen LogP contribution in [-0.2, 0) is 9.47 Å². The highest BCUT2D eigenvalue weighted by atomic mass is 16.5. The lowest BCUT2D eigenvalue weighted by molar-refractivity contribution is 0.0299. The minimum atomic E-state index is -0.124. The van der Waals surface area contributed by atoms with E-state index in [2.05, 4.69) is 28.1 Å². The molecule has 1 aromatic carbocycles. The SMILES string of the molecule is CNC(=O)c1cccc(-c2cc(N3CCOC[C@@H]3C)c3cnc(N4CC5CCC(C4)O5)nc3n2)c1. The number of benzene rings is 1. The number of morpholine rings is 2. The third-order valence-electron chi connectivity index (χ3n) is 7.18. The molecule has 2 unspecified atom stereocenters. The quantitative estimate of drug-likeness (QED) is 0.617. The van der Waals surface area contributed by atoms with Gasteiger partial charge in [0.25, 0.3) is 5.91 Å². The van der Waals surface area contributed by atoms with Crippen molar-refractivity contribution >= 4 is 28.6 Å². The molecule has 2 aromatic heterocycles. The van der Waals surface area contributed by atoms with E-state index in [1.807, 2.05) is 24.4 Å². The molecule has 3 fully saturated rings. The van der Waals surface area contributed by atoms with E-state index in [1.54, 1.807) is 13.1 Å². The fraction of sp³-hybridized carbons (Fsp3) is 0.462. The average Bonchev–Trinajstić information content (AvgIpc) is 3.24. The molecule has 5 heterocycles. The molecule has 35 heavy (non-hydrogen) atoms. The molecule has 9 heteroatoms. The Labute approximate surface area is 204 Å². The molecule has 0 spiro atoms. The van der Waals surface area contributed by atoms with Crippen LogP contribution in [0.25, 0.3) is 22.3 Å². The highest BCUT2D eigenvalue weighted by Crippen LogP contribution is 2.34. The van der Waals surface area contributed by atoms with Crippen molar-refractivity contribution in [3.8, 4) is 11.3 Å². The predicted octanol–water partition coefficient (Wildman–Crippen LogP) is 2.64. The Morgan fingerprint density at radius 3 is 2.74 bits per heavy atom. The van der Waals surface area contributed by atoms with Crippen molar-refractivity contribution in [1.82, 2.24) is 20.3 Å². The maximum absolute atomic E-state index is 12.3. The second-order valence-corrected chi connectivity index (χ2v) is 9.57. The van der Waals surface area contributed by atoms with Crippen LogP contribution in [0, 0.1) is 0 Å². The van der Waals surface area contributed by atoms with Crippen molar-refractivity contribution in [3.05, 3.63) is 42.1 Å². The summed E-state index contributed by atoms with van der Waals surface area (Å²) in [4.78, 5) is 31.5. The minimum absolute atomic E-state index is 0.124. The van der Waals surface area contributed by atoms with Crippen LogP contribution in [0.4, 0.5) is 11.6 Å². The lowest BCUT2D eigenvalue weighted by Gasteiger charge is -2.36. The van der Waals surface area contributed by atoms with Crippen LogP contribution >= 0.6 is 0 Å². The monoisotopic (exact) mass is 474 g/mol. The Morgan fingerprint density at radius 1 is 1.14 bits per heavy atom. The van der Waals surface area contributed by atoms with Crippen molar-refractivity contribution in [2.45, 2.75) is 38.0 Å². The number of anilines is 2. The second kappa shape index (κ2) is 9.05. The zero-order chi connectivity index (χ0) is 23.9. The van der Waals surface area contributed by atoms with Gasteiger partial charge in [0.1, 0.15) is 0 Å². The van der Waals surface area contributed by atoms with Crippen molar-refractivity contribution in [3.63, 3.8) is 0 Å². The number of rotatable bonds is 4. The molecule has 182 valence electrons. The number of ether oxygens (including phenoxy) is 2. The molecule has 1 amide bonds. The molecule has 3 aliphatic heterocycles. The summed E-state index contributed by atoms with van der Waals surface area (Å²) in [5, 5.41) is 3.62. The van der Waals surface area contributed by atoms with E-state index in [9.17, 15) is 4.79 Å². The number of fused-ring (bicyclic) bond motifs is 3. The first kappa shape index (κ1) is 22.2. The molecular formula is C26H30N6O3. The number of carbonyl (C=O) groups is 1. The number of aromatic nitrogens is 3. The molecule has 2 bridgehead atoms. The third-order valence-corrected chi connectivity index (χ3v) is 7.18. The van der Waals surface area contributed by atoms with Gasteiger partial charge >= 0.3 is 0 Å². The molecule has 3 aliphatic rings. The van der Waals surface area contributed by atoms with Gasteiger partial charge in [-0.3, -0.25) is 4.79 Å². The standard InChI is InChI=1S/C26H30N6O3/c1-16-15-34-9-8-32(16)23-11-22(17-4-3-5-18(10-17)25(33)27-2)29-24-21(23)12-28-26(30-24)31-13-19-6-7-20(14-31)35-19/h3-5,10-12,16,19-20H,6-9,13-15H2,1-2H3,(H,27,33)/t16-,19?,20?/m0/s1. The van der Waals surface area contributed by atoms with Gasteiger partial charge in [-0.15, -0.1) is 0 Å². The van der Waals surface area contributed by atoms with Gasteiger partial charge in [-0.25, -0.2) is 9.97 Å². The van der Waals surface area contributed by atoms with Crippen molar-refractivity contribution in [2.75, 3.05) is 49.7 Å². The summed E-state index contributed by atoms with van der Waals surface area (Å²) in [6.45, 7) is 5.90. The van der Waals surface area contributed by atoms with Crippen LogP contribution < -0.4 is 15.1 Å². The van der Waals surface area contributed by atoms with Crippen molar-refractivity contribution in [1.29, 1.82) is 0 Å². The first-order chi connectivity index (χ1) is 17.1. The Hall–Kier alpha value is -3.30. The fourth-order valence-electron chi connectivity index (χ4n) is 5.35. The Bertz CT molecular complexity index is 1260. The highest BCUT2D eigenvalue weighted by molar-refractivity contribution is 5.96. The van der Waals surface area contributed by atoms with Crippen LogP contribution in [0.5, 0.6) is 0 Å². The fourth-order valence-corrected chi connectivity index (χ4v) is 5.35. The van der Waals surface area contributed by atoms with Gasteiger partial charge < -0.3 is 24.6 Å². The first-order valence-corrected chi connectivity index (χ1v) is 12.3. The number of amides is 1. The van der Waals surface area contributed by atoms with E-state index in [1.165, 1.54) is 0 Å². The Balaban J connectivity index is 1.46. The Kier molecular flexibility index (Phi) is 5.74. The highest BCUT2D eigenvalue weighted by Gasteiger charge is 2.35. The van der Waals surface area contributed by atoms with Gasteiger partial charge in [-0.2, -0.15) is 4.98 Å². The molecule has 0 aliphatic carbocycles. The molecule has 1 N–H and O–H groups in total. The first-order valence-electron chi connectivity index (χ1n) is 12.3. The average molecular weight is 475 g/mol. The van der Waals surface area contributed by atoms with E-state index in [0.29, 0.717) is 30.4 Å². The summed E-state index contributed by atoms with van der Waals surface area (Å²) in [5.41, 5.74) is 3.95. The number of hydrogen-bond donors (Lipinski definition) is 1. The molecule has 0 saturated carbocycles. The topological polar surface area (TPSA) is 92.7 Å². The zero-order valence-corrected chi connectivity index (χ0v) is 20.1. The van der Waals surface area contributed by atoms with Crippen LogP contribution in [-0.4, -0.2) is 79.0 Å². The normalized spacial score (nSPS) is 24.1. The van der Waals surface area contributed by atoms with Crippen molar-refractivity contribution < 1.29 is 14.3 Å². The summed E-state index contributed by atoms with van der Waals surface area (Å²) >= 11 is 0. The Morgan fingerprint density at radius 2 is 1.97 bits per heavy atom. The van der Waals surface area contributed by atoms with Gasteiger partial charge in [0.05, 0.1) is 42.2 Å². The summed E-state index contributed by atoms with van der Waals surface area (Å²) in [7, 11) is 1.64. The van der Waals surface area contributed by atoms with Gasteiger partial charge in [0.2, 0.25) is 5.95 Å². The summed E-state index contributed by atoms with van der Waals surface area (Å²) < 4.78 is 11.7. The molecule has 0 radical (unpaired) electrons. The maximum atomic E-state index is 12.3. The summed E-state index contributed by atoms with van der Waals surface area (Å²) in [6, 6.07) is 9.86. The molecule has 9 nitrogen and oxygen atoms in total. The number of nitrogens with zero attached hydrogens (tertiary/aromatic N) is 5. The number of carbonyl (C=O) groups excluding carboxylic acids is 1. The lowest BCUT2D eigenvalue weighted by atomic mass is 10.0. The van der Waals surface area contributed by atoms with Crippen LogP contribution in [0.2, 0.25) is 0 Å². The van der Waals surface area contributed by atoms with Crippen LogP contribution in [0.1, 0.15) is 30.1 Å². The van der Waals surface area contributed by atoms with Crippen LogP contribution in [0.15, 0.2) is 36.5 Å². The third kappa shape index (κ3) is 4.19. The second-order valence-electron chi connectivity index (χ2n) is 9.57. The molecular weight excluding hydrogens is 444 g/mol. The molecule has 6 rings (SSSR count). The van der Waals surface area contributed by atoms with E-state index < -0.39 is 0 Å². The lowest BCUT2D eigenvalue weighted by Crippen LogP contribution is -2.44. The smallest absolute Gasteiger partial charge is 0.251 e. The zero-order valence-electron chi connectivity index (χ0n) is 20.1. The molecule has 3 saturated heterocycles. The maximum Gasteiger partial charge on any atom is 0.251 e. The summed E-state index contributed by atoms with van der Waals surface area (Å²) in [5.74, 6) is 0.573. The van der Waals surface area contributed by atoms with E-state index in [-0.39, 0.29) is 24.2 Å². The van der Waals surface area contributed by atoms with Gasteiger partial charge in [-0.05, 0) is 38.0 Å². The van der Waals surface area contributed by atoms with Gasteiger partial charge in [0, 0.05) is 50.0 Å². The number of nitrogens with one attached hydrogen (secondary N) is 1. The van der Waals surface area contributed by atoms with Crippen molar-refractivity contribution in [2.24, 2.45) is 0 Å². The van der Waals surface area contributed by atoms with Gasteiger partial charge in [0.15, 0.2) is 5.65 Å².